The quantitative estimate of drug-likeness (QED) is 0.882. The van der Waals surface area contributed by atoms with Crippen LogP contribution in [0.4, 0.5) is 0 Å². The van der Waals surface area contributed by atoms with Crippen molar-refractivity contribution in [2.75, 3.05) is 6.54 Å². The summed E-state index contributed by atoms with van der Waals surface area (Å²) in [6.07, 6.45) is 0. The largest absolute Gasteiger partial charge is 0.350 e. The lowest BCUT2D eigenvalue weighted by Crippen LogP contribution is -2.29. The van der Waals surface area contributed by atoms with Gasteiger partial charge >= 0.3 is 0 Å². The van der Waals surface area contributed by atoms with Gasteiger partial charge in [0.25, 0.3) is 5.91 Å². The molecule has 0 fully saturated rings. The Morgan fingerprint density at radius 1 is 1.56 bits per heavy atom. The van der Waals surface area contributed by atoms with E-state index >= 15 is 0 Å². The molecule has 16 heavy (non-hydrogen) atoms. The fourth-order valence-electron chi connectivity index (χ4n) is 1.39. The summed E-state index contributed by atoms with van der Waals surface area (Å²) >= 11 is 6.06. The molecule has 1 aromatic heterocycles. The Morgan fingerprint density at radius 3 is 2.69 bits per heavy atom. The fourth-order valence-corrected chi connectivity index (χ4v) is 1.61. The monoisotopic (exact) mass is 243 g/mol. The highest BCUT2D eigenvalue weighted by Crippen LogP contribution is 2.19. The number of rotatable bonds is 4. The minimum Gasteiger partial charge on any atom is -0.350 e. The van der Waals surface area contributed by atoms with Crippen molar-refractivity contribution in [3.05, 3.63) is 16.4 Å². The van der Waals surface area contributed by atoms with Gasteiger partial charge in [-0.25, -0.2) is 0 Å². The van der Waals surface area contributed by atoms with E-state index in [1.54, 1.807) is 11.6 Å². The Labute approximate surface area is 101 Å². The standard InChI is InChI=1S/C11H18ClN3O/c1-5-15-10(9(12)8(4)14-15)11(16)13-6-7(2)3/h7H,5-6H2,1-4H3,(H,13,16). The third-order valence-electron chi connectivity index (χ3n) is 2.24. The number of carbonyl (C=O) groups excluding carboxylic acids is 1. The first-order valence-corrected chi connectivity index (χ1v) is 5.86. The molecule has 1 amide bonds. The topological polar surface area (TPSA) is 46.9 Å². The molecule has 0 aliphatic rings. The van der Waals surface area contributed by atoms with Crippen molar-refractivity contribution in [1.29, 1.82) is 0 Å². The van der Waals surface area contributed by atoms with Gasteiger partial charge in [-0.15, -0.1) is 0 Å². The molecule has 0 radical (unpaired) electrons. The van der Waals surface area contributed by atoms with Crippen LogP contribution in [-0.4, -0.2) is 22.2 Å². The van der Waals surface area contributed by atoms with Crippen LogP contribution in [0.15, 0.2) is 0 Å². The maximum atomic E-state index is 11.9. The predicted molar refractivity (Wildman–Crippen MR) is 64.8 cm³/mol. The Kier molecular flexibility index (Phi) is 4.35. The molecule has 0 saturated carbocycles. The number of hydrogen-bond acceptors (Lipinski definition) is 2. The van der Waals surface area contributed by atoms with Crippen molar-refractivity contribution in [2.24, 2.45) is 5.92 Å². The zero-order valence-electron chi connectivity index (χ0n) is 10.2. The number of nitrogens with one attached hydrogen (secondary N) is 1. The van der Waals surface area contributed by atoms with Crippen LogP contribution >= 0.6 is 11.6 Å². The lowest BCUT2D eigenvalue weighted by Gasteiger charge is -2.08. The third-order valence-corrected chi connectivity index (χ3v) is 2.69. The molecule has 0 bridgehead atoms. The zero-order valence-corrected chi connectivity index (χ0v) is 10.9. The van der Waals surface area contributed by atoms with E-state index in [-0.39, 0.29) is 5.91 Å². The highest BCUT2D eigenvalue weighted by Gasteiger charge is 2.19. The van der Waals surface area contributed by atoms with Crippen molar-refractivity contribution in [2.45, 2.75) is 34.2 Å². The van der Waals surface area contributed by atoms with Gasteiger partial charge in [-0.2, -0.15) is 5.10 Å². The lowest BCUT2D eigenvalue weighted by molar-refractivity contribution is 0.0938. The van der Waals surface area contributed by atoms with Crippen LogP contribution in [0.25, 0.3) is 0 Å². The number of halogens is 1. The number of aryl methyl sites for hydroxylation is 2. The minimum atomic E-state index is -0.152. The summed E-state index contributed by atoms with van der Waals surface area (Å²) < 4.78 is 1.63. The summed E-state index contributed by atoms with van der Waals surface area (Å²) in [5.74, 6) is 0.267. The van der Waals surface area contributed by atoms with Crippen molar-refractivity contribution in [3.63, 3.8) is 0 Å². The summed E-state index contributed by atoms with van der Waals surface area (Å²) in [5, 5.41) is 7.49. The van der Waals surface area contributed by atoms with Crippen molar-refractivity contribution < 1.29 is 4.79 Å². The average molecular weight is 244 g/mol. The zero-order chi connectivity index (χ0) is 12.3. The van der Waals surface area contributed by atoms with Crippen LogP contribution < -0.4 is 5.32 Å². The van der Waals surface area contributed by atoms with Gasteiger partial charge in [0.1, 0.15) is 5.69 Å². The molecule has 4 nitrogen and oxygen atoms in total. The average Bonchev–Trinajstić information content (AvgIpc) is 2.51. The fraction of sp³-hybridized carbons (Fsp3) is 0.636. The second kappa shape index (κ2) is 5.34. The van der Waals surface area contributed by atoms with Gasteiger partial charge in [0.15, 0.2) is 0 Å². The van der Waals surface area contributed by atoms with Crippen LogP contribution in [0.1, 0.15) is 37.0 Å². The van der Waals surface area contributed by atoms with Crippen molar-refractivity contribution in [3.8, 4) is 0 Å². The van der Waals surface area contributed by atoms with Crippen LogP contribution in [0.5, 0.6) is 0 Å². The normalized spacial score (nSPS) is 10.9. The van der Waals surface area contributed by atoms with Crippen LogP contribution in [-0.2, 0) is 6.54 Å². The van der Waals surface area contributed by atoms with E-state index in [2.05, 4.69) is 10.4 Å². The van der Waals surface area contributed by atoms with Crippen molar-refractivity contribution in [1.82, 2.24) is 15.1 Å². The molecule has 1 heterocycles. The highest BCUT2D eigenvalue weighted by molar-refractivity contribution is 6.34. The summed E-state index contributed by atoms with van der Waals surface area (Å²) in [6.45, 7) is 9.10. The number of nitrogens with zero attached hydrogens (tertiary/aromatic N) is 2. The maximum Gasteiger partial charge on any atom is 0.271 e. The summed E-state index contributed by atoms with van der Waals surface area (Å²) in [7, 11) is 0. The lowest BCUT2D eigenvalue weighted by atomic mass is 10.2. The maximum absolute atomic E-state index is 11.9. The molecule has 0 spiro atoms. The molecule has 1 aromatic rings. The van der Waals surface area contributed by atoms with E-state index in [1.807, 2.05) is 20.8 Å². The van der Waals surface area contributed by atoms with E-state index in [1.165, 1.54) is 0 Å². The highest BCUT2D eigenvalue weighted by atomic mass is 35.5. The van der Waals surface area contributed by atoms with E-state index < -0.39 is 0 Å². The molecule has 5 heteroatoms. The van der Waals surface area contributed by atoms with Gasteiger partial charge < -0.3 is 5.32 Å². The molecular weight excluding hydrogens is 226 g/mol. The number of amides is 1. The van der Waals surface area contributed by atoms with Gasteiger partial charge in [0.05, 0.1) is 10.7 Å². The van der Waals surface area contributed by atoms with Gasteiger partial charge in [-0.1, -0.05) is 25.4 Å². The van der Waals surface area contributed by atoms with E-state index in [4.69, 9.17) is 11.6 Å². The number of aromatic nitrogens is 2. The molecule has 0 aliphatic heterocycles. The molecule has 1 N–H and O–H groups in total. The molecular formula is C11H18ClN3O. The van der Waals surface area contributed by atoms with E-state index in [9.17, 15) is 4.79 Å². The van der Waals surface area contributed by atoms with Gasteiger partial charge in [0.2, 0.25) is 0 Å². The Morgan fingerprint density at radius 2 is 2.19 bits per heavy atom. The third kappa shape index (κ3) is 2.76. The molecule has 0 saturated heterocycles. The molecule has 0 unspecified atom stereocenters. The minimum absolute atomic E-state index is 0.152. The summed E-state index contributed by atoms with van der Waals surface area (Å²) in [6, 6.07) is 0. The first-order chi connectivity index (χ1) is 7.47. The molecule has 90 valence electrons. The van der Waals surface area contributed by atoms with E-state index in [0.29, 0.717) is 35.4 Å². The first kappa shape index (κ1) is 13.0. The van der Waals surface area contributed by atoms with Crippen molar-refractivity contribution >= 4 is 17.5 Å². The second-order valence-corrected chi connectivity index (χ2v) is 4.55. The number of hydrogen-bond donors (Lipinski definition) is 1. The van der Waals surface area contributed by atoms with Gasteiger partial charge in [-0.3, -0.25) is 9.48 Å². The van der Waals surface area contributed by atoms with E-state index in [0.717, 1.165) is 0 Å². The smallest absolute Gasteiger partial charge is 0.271 e. The van der Waals surface area contributed by atoms with Crippen LogP contribution in [0.3, 0.4) is 0 Å². The Balaban J connectivity index is 2.89. The Hall–Kier alpha value is -1.03. The summed E-state index contributed by atoms with van der Waals surface area (Å²) in [4.78, 5) is 11.9. The van der Waals surface area contributed by atoms with Gasteiger partial charge in [0, 0.05) is 13.1 Å². The Bertz CT molecular complexity index is 385. The van der Waals surface area contributed by atoms with Crippen LogP contribution in [0.2, 0.25) is 5.02 Å². The second-order valence-electron chi connectivity index (χ2n) is 4.17. The van der Waals surface area contributed by atoms with Crippen LogP contribution in [0, 0.1) is 12.8 Å². The SMILES string of the molecule is CCn1nc(C)c(Cl)c1C(=O)NCC(C)C. The molecule has 0 atom stereocenters. The van der Waals surface area contributed by atoms with Gasteiger partial charge in [-0.05, 0) is 19.8 Å². The summed E-state index contributed by atoms with van der Waals surface area (Å²) in [5.41, 5.74) is 1.15. The number of carbonyl (C=O) groups is 1. The molecule has 0 aliphatic carbocycles. The molecule has 1 rings (SSSR count). The molecule has 0 aromatic carbocycles. The predicted octanol–water partition coefficient (Wildman–Crippen LogP) is 2.25. The first-order valence-electron chi connectivity index (χ1n) is 5.48.